The molecule has 0 spiro atoms. The molecular weight excluding hydrogens is 366 g/mol. The van der Waals surface area contributed by atoms with Crippen LogP contribution in [-0.2, 0) is 14.3 Å². The highest BCUT2D eigenvalue weighted by Gasteiger charge is 2.26. The molecule has 0 radical (unpaired) electrons. The molecule has 2 aromatic rings. The number of ether oxygens (including phenoxy) is 1. The zero-order valence-corrected chi connectivity index (χ0v) is 16.7. The number of rotatable bonds is 5. The standard InChI is InChI=1S/C23H29N3O3/c27-22(23(28)25-18-8-2-3-9-18)24-16-21(26-12-14-29-15-13-26)20-11-5-7-17-6-1-4-10-19(17)20/h1,4-7,10-11,18,21H,2-3,8-9,12-16H2,(H,24,27)(H,25,28)/t21-/m1/s1. The fourth-order valence-corrected chi connectivity index (χ4v) is 4.46. The molecule has 1 saturated carbocycles. The highest BCUT2D eigenvalue weighted by molar-refractivity contribution is 6.35. The second-order valence-electron chi connectivity index (χ2n) is 7.90. The number of benzene rings is 2. The number of carbonyl (C=O) groups excluding carboxylic acids is 2. The molecule has 2 amide bonds. The summed E-state index contributed by atoms with van der Waals surface area (Å²) in [6.07, 6.45) is 4.16. The number of nitrogens with zero attached hydrogens (tertiary/aromatic N) is 1. The van der Waals surface area contributed by atoms with Gasteiger partial charge in [0.2, 0.25) is 0 Å². The summed E-state index contributed by atoms with van der Waals surface area (Å²) in [6.45, 7) is 3.36. The Morgan fingerprint density at radius 2 is 1.72 bits per heavy atom. The Labute approximate surface area is 171 Å². The number of morpholine rings is 1. The van der Waals surface area contributed by atoms with Crippen LogP contribution in [0.2, 0.25) is 0 Å². The fraction of sp³-hybridized carbons (Fsp3) is 0.478. The first-order chi connectivity index (χ1) is 14.2. The van der Waals surface area contributed by atoms with E-state index in [2.05, 4.69) is 45.9 Å². The molecule has 4 rings (SSSR count). The highest BCUT2D eigenvalue weighted by Crippen LogP contribution is 2.28. The molecule has 2 N–H and O–H groups in total. The highest BCUT2D eigenvalue weighted by atomic mass is 16.5. The molecule has 2 aliphatic rings. The zero-order valence-electron chi connectivity index (χ0n) is 16.7. The Bertz CT molecular complexity index is 852. The lowest BCUT2D eigenvalue weighted by Crippen LogP contribution is -2.48. The van der Waals surface area contributed by atoms with Gasteiger partial charge in [-0.2, -0.15) is 0 Å². The molecular formula is C23H29N3O3. The van der Waals surface area contributed by atoms with E-state index in [1.54, 1.807) is 0 Å². The maximum atomic E-state index is 12.4. The van der Waals surface area contributed by atoms with E-state index in [1.807, 2.05) is 12.1 Å². The van der Waals surface area contributed by atoms with E-state index in [-0.39, 0.29) is 12.1 Å². The van der Waals surface area contributed by atoms with Crippen molar-refractivity contribution >= 4 is 22.6 Å². The topological polar surface area (TPSA) is 70.7 Å². The van der Waals surface area contributed by atoms with E-state index in [4.69, 9.17) is 4.74 Å². The first-order valence-electron chi connectivity index (χ1n) is 10.6. The Morgan fingerprint density at radius 1 is 1.00 bits per heavy atom. The van der Waals surface area contributed by atoms with Gasteiger partial charge in [-0.05, 0) is 29.2 Å². The molecule has 6 nitrogen and oxygen atoms in total. The minimum atomic E-state index is -0.546. The monoisotopic (exact) mass is 395 g/mol. The summed E-state index contributed by atoms with van der Waals surface area (Å²) >= 11 is 0. The van der Waals surface area contributed by atoms with Crippen LogP contribution in [0.4, 0.5) is 0 Å². The lowest BCUT2D eigenvalue weighted by molar-refractivity contribution is -0.139. The first kappa shape index (κ1) is 19.9. The molecule has 29 heavy (non-hydrogen) atoms. The molecule has 6 heteroatoms. The smallest absolute Gasteiger partial charge is 0.309 e. The van der Waals surface area contributed by atoms with Crippen LogP contribution in [-0.4, -0.2) is 55.6 Å². The zero-order chi connectivity index (χ0) is 20.1. The predicted octanol–water partition coefficient (Wildman–Crippen LogP) is 2.39. The number of amides is 2. The molecule has 0 aromatic heterocycles. The van der Waals surface area contributed by atoms with Crippen LogP contribution < -0.4 is 10.6 Å². The molecule has 0 unspecified atom stereocenters. The van der Waals surface area contributed by atoms with Crippen molar-refractivity contribution < 1.29 is 14.3 Å². The second-order valence-corrected chi connectivity index (χ2v) is 7.90. The average molecular weight is 396 g/mol. The Balaban J connectivity index is 1.50. The van der Waals surface area contributed by atoms with Crippen molar-refractivity contribution in [1.29, 1.82) is 0 Å². The summed E-state index contributed by atoms with van der Waals surface area (Å²) in [6, 6.07) is 14.7. The summed E-state index contributed by atoms with van der Waals surface area (Å²) < 4.78 is 5.52. The summed E-state index contributed by atoms with van der Waals surface area (Å²) in [5.74, 6) is -1.06. The van der Waals surface area contributed by atoms with Gasteiger partial charge in [-0.3, -0.25) is 14.5 Å². The SMILES string of the molecule is O=C(NC[C@H](c1cccc2ccccc12)N1CCOCC1)C(=O)NC1CCCC1. The van der Waals surface area contributed by atoms with Crippen LogP contribution in [0.25, 0.3) is 10.8 Å². The molecule has 0 bridgehead atoms. The van der Waals surface area contributed by atoms with Crippen molar-refractivity contribution in [3.8, 4) is 0 Å². The summed E-state index contributed by atoms with van der Waals surface area (Å²) in [5.41, 5.74) is 1.17. The van der Waals surface area contributed by atoms with Crippen LogP contribution >= 0.6 is 0 Å². The van der Waals surface area contributed by atoms with Crippen molar-refractivity contribution in [2.45, 2.75) is 37.8 Å². The van der Waals surface area contributed by atoms with Crippen molar-refractivity contribution in [3.05, 3.63) is 48.0 Å². The van der Waals surface area contributed by atoms with Crippen LogP contribution in [0.5, 0.6) is 0 Å². The van der Waals surface area contributed by atoms with Gasteiger partial charge in [0, 0.05) is 25.7 Å². The van der Waals surface area contributed by atoms with E-state index in [9.17, 15) is 9.59 Å². The number of hydrogen-bond acceptors (Lipinski definition) is 4. The summed E-state index contributed by atoms with van der Waals surface area (Å²) in [5, 5.41) is 8.10. The van der Waals surface area contributed by atoms with Gasteiger partial charge in [-0.15, -0.1) is 0 Å². The van der Waals surface area contributed by atoms with Crippen molar-refractivity contribution in [2.75, 3.05) is 32.8 Å². The van der Waals surface area contributed by atoms with Gasteiger partial charge in [0.05, 0.1) is 19.3 Å². The van der Waals surface area contributed by atoms with Gasteiger partial charge in [-0.1, -0.05) is 55.3 Å². The number of fused-ring (bicyclic) bond motifs is 1. The van der Waals surface area contributed by atoms with Gasteiger partial charge < -0.3 is 15.4 Å². The Kier molecular flexibility index (Phi) is 6.42. The van der Waals surface area contributed by atoms with Crippen molar-refractivity contribution in [1.82, 2.24) is 15.5 Å². The molecule has 1 aliphatic carbocycles. The third-order valence-corrected chi connectivity index (χ3v) is 6.02. The number of nitrogens with one attached hydrogen (secondary N) is 2. The van der Waals surface area contributed by atoms with Crippen LogP contribution in [0.15, 0.2) is 42.5 Å². The first-order valence-corrected chi connectivity index (χ1v) is 10.6. The van der Waals surface area contributed by atoms with E-state index in [0.29, 0.717) is 19.8 Å². The van der Waals surface area contributed by atoms with Gasteiger partial charge in [-0.25, -0.2) is 0 Å². The van der Waals surface area contributed by atoms with Crippen molar-refractivity contribution in [3.63, 3.8) is 0 Å². The quantitative estimate of drug-likeness (QED) is 0.763. The number of hydrogen-bond donors (Lipinski definition) is 2. The summed E-state index contributed by atoms with van der Waals surface area (Å²) in [7, 11) is 0. The van der Waals surface area contributed by atoms with Crippen LogP contribution in [0.3, 0.4) is 0 Å². The van der Waals surface area contributed by atoms with Gasteiger partial charge >= 0.3 is 11.8 Å². The molecule has 2 aromatic carbocycles. The molecule has 154 valence electrons. The van der Waals surface area contributed by atoms with E-state index in [0.717, 1.165) is 38.8 Å². The minimum absolute atomic E-state index is 0.00627. The normalized spacial score (nSPS) is 19.2. The van der Waals surface area contributed by atoms with E-state index < -0.39 is 11.8 Å². The minimum Gasteiger partial charge on any atom is -0.379 e. The Morgan fingerprint density at radius 3 is 2.52 bits per heavy atom. The molecule has 1 heterocycles. The van der Waals surface area contributed by atoms with Gasteiger partial charge in [0.25, 0.3) is 0 Å². The lowest BCUT2D eigenvalue weighted by atomic mass is 9.97. The molecule has 2 fully saturated rings. The fourth-order valence-electron chi connectivity index (χ4n) is 4.46. The second kappa shape index (κ2) is 9.37. The van der Waals surface area contributed by atoms with E-state index >= 15 is 0 Å². The average Bonchev–Trinajstić information content (AvgIpc) is 3.27. The maximum Gasteiger partial charge on any atom is 0.309 e. The largest absolute Gasteiger partial charge is 0.379 e. The van der Waals surface area contributed by atoms with Crippen molar-refractivity contribution in [2.24, 2.45) is 0 Å². The predicted molar refractivity (Wildman–Crippen MR) is 112 cm³/mol. The van der Waals surface area contributed by atoms with Crippen LogP contribution in [0.1, 0.15) is 37.3 Å². The molecule has 1 atom stereocenters. The Hall–Kier alpha value is -2.44. The third-order valence-electron chi connectivity index (χ3n) is 6.02. The van der Waals surface area contributed by atoms with Gasteiger partial charge in [0.1, 0.15) is 0 Å². The number of carbonyl (C=O) groups is 2. The third kappa shape index (κ3) is 4.77. The maximum absolute atomic E-state index is 12.4. The van der Waals surface area contributed by atoms with Crippen LogP contribution in [0, 0.1) is 0 Å². The molecule has 1 saturated heterocycles. The van der Waals surface area contributed by atoms with E-state index in [1.165, 1.54) is 16.3 Å². The van der Waals surface area contributed by atoms with Gasteiger partial charge in [0.15, 0.2) is 0 Å². The molecule has 1 aliphatic heterocycles. The lowest BCUT2D eigenvalue weighted by Gasteiger charge is -2.35. The summed E-state index contributed by atoms with van der Waals surface area (Å²) in [4.78, 5) is 27.1.